The first-order valence-corrected chi connectivity index (χ1v) is 5.92. The monoisotopic (exact) mass is 236 g/mol. The number of ether oxygens (including phenoxy) is 1. The number of carbonyl (C=O) groups is 1. The van der Waals surface area contributed by atoms with Crippen molar-refractivity contribution in [2.24, 2.45) is 5.92 Å². The molecule has 1 rings (SSSR count). The minimum atomic E-state index is -0.724. The summed E-state index contributed by atoms with van der Waals surface area (Å²) in [5, 5.41) is 10.2. The summed E-state index contributed by atoms with van der Waals surface area (Å²) in [7, 11) is 1.60. The quantitative estimate of drug-likeness (QED) is 0.826. The Hall–Kier alpha value is -1.35. The van der Waals surface area contributed by atoms with Crippen molar-refractivity contribution in [1.29, 1.82) is 0 Å². The minimum Gasteiger partial charge on any atom is -0.497 e. The number of aliphatic hydroxyl groups excluding tert-OH is 1. The topological polar surface area (TPSA) is 46.5 Å². The van der Waals surface area contributed by atoms with E-state index in [1.54, 1.807) is 31.4 Å². The molecule has 0 amide bonds. The second-order valence-electron chi connectivity index (χ2n) is 4.22. The number of benzene rings is 1. The molecule has 0 unspecified atom stereocenters. The molecule has 0 aliphatic carbocycles. The molecule has 0 fully saturated rings. The number of hydrogen-bond donors (Lipinski definition) is 1. The zero-order chi connectivity index (χ0) is 12.8. The second kappa shape index (κ2) is 6.40. The summed E-state index contributed by atoms with van der Waals surface area (Å²) >= 11 is 0. The van der Waals surface area contributed by atoms with Crippen LogP contribution in [-0.2, 0) is 4.79 Å². The molecular weight excluding hydrogens is 216 g/mol. The number of aliphatic hydroxyl groups is 1. The van der Waals surface area contributed by atoms with E-state index < -0.39 is 6.10 Å². The van der Waals surface area contributed by atoms with E-state index in [4.69, 9.17) is 4.74 Å². The largest absolute Gasteiger partial charge is 0.497 e. The average Bonchev–Trinajstić information content (AvgIpc) is 2.35. The van der Waals surface area contributed by atoms with E-state index in [2.05, 4.69) is 0 Å². The zero-order valence-corrected chi connectivity index (χ0v) is 10.6. The highest BCUT2D eigenvalue weighted by Gasteiger charge is 2.24. The Labute approximate surface area is 102 Å². The Kier molecular flexibility index (Phi) is 5.16. The maximum absolute atomic E-state index is 11.5. The van der Waals surface area contributed by atoms with Crippen molar-refractivity contribution in [3.8, 4) is 5.75 Å². The first-order valence-electron chi connectivity index (χ1n) is 5.92. The fourth-order valence-corrected chi connectivity index (χ4v) is 1.93. The molecule has 0 aromatic heterocycles. The smallest absolute Gasteiger partial charge is 0.135 e. The van der Waals surface area contributed by atoms with E-state index in [-0.39, 0.29) is 11.7 Å². The summed E-state index contributed by atoms with van der Waals surface area (Å²) in [5.41, 5.74) is 0.763. The van der Waals surface area contributed by atoms with Gasteiger partial charge in [0.2, 0.25) is 0 Å². The van der Waals surface area contributed by atoms with Crippen LogP contribution in [0.3, 0.4) is 0 Å². The Balaban J connectivity index is 2.84. The van der Waals surface area contributed by atoms with Crippen LogP contribution in [0.1, 0.15) is 38.4 Å². The van der Waals surface area contributed by atoms with Gasteiger partial charge in [0, 0.05) is 5.92 Å². The van der Waals surface area contributed by atoms with Gasteiger partial charge in [0.25, 0.3) is 0 Å². The highest BCUT2D eigenvalue weighted by molar-refractivity contribution is 5.79. The minimum absolute atomic E-state index is 0.0372. The highest BCUT2D eigenvalue weighted by Crippen LogP contribution is 2.27. The molecule has 2 atom stereocenters. The lowest BCUT2D eigenvalue weighted by Crippen LogP contribution is -2.20. The molecule has 3 nitrogen and oxygen atoms in total. The summed E-state index contributed by atoms with van der Waals surface area (Å²) in [4.78, 5) is 11.5. The van der Waals surface area contributed by atoms with Crippen LogP contribution in [0.25, 0.3) is 0 Å². The normalized spacial score (nSPS) is 14.1. The van der Waals surface area contributed by atoms with E-state index >= 15 is 0 Å². The van der Waals surface area contributed by atoms with Gasteiger partial charge in [-0.1, -0.05) is 25.5 Å². The van der Waals surface area contributed by atoms with Crippen LogP contribution in [0.15, 0.2) is 24.3 Å². The number of Topliss-reactive ketones (excluding diaryl/α,β-unsaturated/α-hetero) is 1. The molecule has 0 radical (unpaired) electrons. The molecule has 3 heteroatoms. The first kappa shape index (κ1) is 13.7. The van der Waals surface area contributed by atoms with Crippen molar-refractivity contribution in [2.45, 2.75) is 32.8 Å². The van der Waals surface area contributed by atoms with E-state index in [9.17, 15) is 9.90 Å². The van der Waals surface area contributed by atoms with E-state index in [0.29, 0.717) is 6.42 Å². The van der Waals surface area contributed by atoms with Gasteiger partial charge < -0.3 is 9.84 Å². The Morgan fingerprint density at radius 3 is 2.35 bits per heavy atom. The van der Waals surface area contributed by atoms with Gasteiger partial charge in [-0.2, -0.15) is 0 Å². The Morgan fingerprint density at radius 2 is 1.94 bits per heavy atom. The van der Waals surface area contributed by atoms with Gasteiger partial charge in [0.05, 0.1) is 13.2 Å². The van der Waals surface area contributed by atoms with Gasteiger partial charge in [0.15, 0.2) is 0 Å². The van der Waals surface area contributed by atoms with Gasteiger partial charge in [0.1, 0.15) is 11.5 Å². The summed E-state index contributed by atoms with van der Waals surface area (Å²) in [6.45, 7) is 3.55. The van der Waals surface area contributed by atoms with E-state index in [1.807, 2.05) is 6.92 Å². The second-order valence-corrected chi connectivity index (χ2v) is 4.22. The number of ketones is 1. The molecule has 94 valence electrons. The molecule has 1 aromatic carbocycles. The summed E-state index contributed by atoms with van der Waals surface area (Å²) in [6.07, 6.45) is 0.873. The van der Waals surface area contributed by atoms with Crippen LogP contribution < -0.4 is 4.74 Å². The van der Waals surface area contributed by atoms with Crippen molar-refractivity contribution >= 4 is 5.78 Å². The predicted octanol–water partition coefficient (Wildman–Crippen LogP) is 2.73. The lowest BCUT2D eigenvalue weighted by molar-refractivity contribution is -0.124. The van der Waals surface area contributed by atoms with Gasteiger partial charge in [-0.3, -0.25) is 4.79 Å². The third-order valence-corrected chi connectivity index (χ3v) is 2.96. The predicted molar refractivity (Wildman–Crippen MR) is 67.0 cm³/mol. The van der Waals surface area contributed by atoms with Crippen LogP contribution >= 0.6 is 0 Å². The van der Waals surface area contributed by atoms with Crippen molar-refractivity contribution in [1.82, 2.24) is 0 Å². The maximum atomic E-state index is 11.5. The molecule has 0 bridgehead atoms. The summed E-state index contributed by atoms with van der Waals surface area (Å²) < 4.78 is 5.06. The fraction of sp³-hybridized carbons (Fsp3) is 0.500. The number of rotatable bonds is 6. The van der Waals surface area contributed by atoms with Crippen LogP contribution in [-0.4, -0.2) is 18.0 Å². The van der Waals surface area contributed by atoms with Crippen LogP contribution in [0.2, 0.25) is 0 Å². The number of carbonyl (C=O) groups excluding carboxylic acids is 1. The molecule has 0 heterocycles. The Morgan fingerprint density at radius 1 is 1.35 bits per heavy atom. The molecule has 0 spiro atoms. The molecule has 0 aliphatic heterocycles. The van der Waals surface area contributed by atoms with Gasteiger partial charge in [-0.15, -0.1) is 0 Å². The molecule has 0 saturated carbocycles. The Bertz CT molecular complexity index is 356. The lowest BCUT2D eigenvalue weighted by Gasteiger charge is -2.20. The summed E-state index contributed by atoms with van der Waals surface area (Å²) in [5.74, 6) is 0.472. The van der Waals surface area contributed by atoms with E-state index in [1.165, 1.54) is 6.92 Å². The van der Waals surface area contributed by atoms with Crippen LogP contribution in [0.5, 0.6) is 5.75 Å². The van der Waals surface area contributed by atoms with Gasteiger partial charge >= 0.3 is 0 Å². The zero-order valence-electron chi connectivity index (χ0n) is 10.6. The third-order valence-electron chi connectivity index (χ3n) is 2.96. The van der Waals surface area contributed by atoms with Crippen molar-refractivity contribution in [3.63, 3.8) is 0 Å². The molecular formula is C14H20O3. The van der Waals surface area contributed by atoms with Crippen LogP contribution in [0.4, 0.5) is 0 Å². The maximum Gasteiger partial charge on any atom is 0.135 e. The molecule has 17 heavy (non-hydrogen) atoms. The molecule has 0 aliphatic rings. The average molecular weight is 236 g/mol. The fourth-order valence-electron chi connectivity index (χ4n) is 1.93. The van der Waals surface area contributed by atoms with E-state index in [0.717, 1.165) is 17.7 Å². The number of hydrogen-bond acceptors (Lipinski definition) is 3. The lowest BCUT2D eigenvalue weighted by atomic mass is 9.89. The SMILES string of the molecule is CCC[C@@H](C(C)=O)[C@H](O)c1ccc(OC)cc1. The first-order chi connectivity index (χ1) is 8.10. The third kappa shape index (κ3) is 3.56. The van der Waals surface area contributed by atoms with Crippen molar-refractivity contribution in [2.75, 3.05) is 7.11 Å². The standard InChI is InChI=1S/C14H20O3/c1-4-5-13(10(2)15)14(16)11-6-8-12(17-3)9-7-11/h6-9,13-14,16H,4-5H2,1-3H3/t13-,14+/m0/s1. The van der Waals surface area contributed by atoms with Gasteiger partial charge in [-0.05, 0) is 31.0 Å². The molecule has 0 saturated heterocycles. The van der Waals surface area contributed by atoms with Crippen molar-refractivity contribution in [3.05, 3.63) is 29.8 Å². The highest BCUT2D eigenvalue weighted by atomic mass is 16.5. The number of methoxy groups -OCH3 is 1. The van der Waals surface area contributed by atoms with Crippen molar-refractivity contribution < 1.29 is 14.6 Å². The molecule has 1 N–H and O–H groups in total. The van der Waals surface area contributed by atoms with Gasteiger partial charge in [-0.25, -0.2) is 0 Å². The summed E-state index contributed by atoms with van der Waals surface area (Å²) in [6, 6.07) is 7.19. The molecule has 1 aromatic rings. The van der Waals surface area contributed by atoms with Crippen LogP contribution in [0, 0.1) is 5.92 Å².